The van der Waals surface area contributed by atoms with E-state index in [0.717, 1.165) is 19.5 Å². The van der Waals surface area contributed by atoms with Crippen molar-refractivity contribution < 1.29 is 9.13 Å². The predicted molar refractivity (Wildman–Crippen MR) is 88.5 cm³/mol. The Morgan fingerprint density at radius 3 is 2.73 bits per heavy atom. The number of methoxy groups -OCH3 is 1. The molecule has 0 saturated carbocycles. The second-order valence-corrected chi connectivity index (χ2v) is 6.86. The van der Waals surface area contributed by atoms with Gasteiger partial charge in [0.1, 0.15) is 5.82 Å². The highest BCUT2D eigenvalue weighted by Gasteiger charge is 2.27. The first-order chi connectivity index (χ1) is 10.5. The average molecular weight is 308 g/mol. The van der Waals surface area contributed by atoms with E-state index in [1.165, 1.54) is 24.9 Å². The Bertz CT molecular complexity index is 447. The van der Waals surface area contributed by atoms with Crippen molar-refractivity contribution in [3.63, 3.8) is 0 Å². The molecule has 124 valence electrons. The second kappa shape index (κ2) is 8.04. The minimum atomic E-state index is -0.164. The lowest BCUT2D eigenvalue weighted by Crippen LogP contribution is -2.40. The Morgan fingerprint density at radius 2 is 2.05 bits per heavy atom. The lowest BCUT2D eigenvalue weighted by Gasteiger charge is -2.31. The van der Waals surface area contributed by atoms with Crippen molar-refractivity contribution in [3.8, 4) is 0 Å². The standard InChI is InChI=1S/C18H29FN2O/c1-18(2,15-6-8-16(19)9-7-15)10-12-21-11-4-5-17(21)13-20-14-22-3/h6-9,17,20H,4-5,10-14H2,1-3H3. The zero-order valence-electron chi connectivity index (χ0n) is 14.1. The molecule has 0 amide bonds. The summed E-state index contributed by atoms with van der Waals surface area (Å²) in [7, 11) is 1.71. The van der Waals surface area contributed by atoms with Crippen LogP contribution in [0.5, 0.6) is 0 Å². The van der Waals surface area contributed by atoms with Gasteiger partial charge in [-0.25, -0.2) is 4.39 Å². The number of rotatable bonds is 8. The summed E-state index contributed by atoms with van der Waals surface area (Å²) in [6.45, 7) is 8.36. The van der Waals surface area contributed by atoms with Gasteiger partial charge in [-0.05, 0) is 55.5 Å². The molecule has 1 aliphatic rings. The fourth-order valence-electron chi connectivity index (χ4n) is 3.22. The summed E-state index contributed by atoms with van der Waals surface area (Å²) in [5, 5.41) is 3.34. The van der Waals surface area contributed by atoms with Crippen LogP contribution in [0.2, 0.25) is 0 Å². The summed E-state index contributed by atoms with van der Waals surface area (Å²) in [4.78, 5) is 2.58. The van der Waals surface area contributed by atoms with Crippen LogP contribution in [0.15, 0.2) is 24.3 Å². The van der Waals surface area contributed by atoms with Gasteiger partial charge in [0.15, 0.2) is 0 Å². The van der Waals surface area contributed by atoms with Gasteiger partial charge in [-0.2, -0.15) is 0 Å². The molecule has 0 bridgehead atoms. The van der Waals surface area contributed by atoms with Gasteiger partial charge in [0.05, 0.1) is 6.73 Å². The Hall–Kier alpha value is -0.970. The highest BCUT2D eigenvalue weighted by atomic mass is 19.1. The predicted octanol–water partition coefficient (Wildman–Crippen LogP) is 3.15. The van der Waals surface area contributed by atoms with Gasteiger partial charge in [0.25, 0.3) is 0 Å². The molecule has 22 heavy (non-hydrogen) atoms. The molecule has 1 atom stereocenters. The van der Waals surface area contributed by atoms with Crippen LogP contribution in [0.3, 0.4) is 0 Å². The van der Waals surface area contributed by atoms with E-state index in [-0.39, 0.29) is 11.2 Å². The van der Waals surface area contributed by atoms with Crippen LogP contribution in [0.1, 0.15) is 38.7 Å². The smallest absolute Gasteiger partial charge is 0.123 e. The van der Waals surface area contributed by atoms with Crippen LogP contribution in [0, 0.1) is 5.82 Å². The first-order valence-corrected chi connectivity index (χ1v) is 8.23. The number of likely N-dealkylation sites (tertiary alicyclic amines) is 1. The third-order valence-electron chi connectivity index (χ3n) is 4.78. The maximum atomic E-state index is 13.1. The van der Waals surface area contributed by atoms with Crippen LogP contribution >= 0.6 is 0 Å². The number of halogens is 1. The van der Waals surface area contributed by atoms with Crippen molar-refractivity contribution in [2.24, 2.45) is 0 Å². The maximum Gasteiger partial charge on any atom is 0.123 e. The molecule has 0 aliphatic carbocycles. The molecule has 1 N–H and O–H groups in total. The lowest BCUT2D eigenvalue weighted by atomic mass is 9.81. The molecule has 3 nitrogen and oxygen atoms in total. The van der Waals surface area contributed by atoms with Gasteiger partial charge >= 0.3 is 0 Å². The topological polar surface area (TPSA) is 24.5 Å². The van der Waals surface area contributed by atoms with E-state index in [1.807, 2.05) is 12.1 Å². The summed E-state index contributed by atoms with van der Waals surface area (Å²) in [5.41, 5.74) is 1.28. The van der Waals surface area contributed by atoms with E-state index in [0.29, 0.717) is 12.8 Å². The molecular weight excluding hydrogens is 279 g/mol. The van der Waals surface area contributed by atoms with Crippen molar-refractivity contribution in [1.82, 2.24) is 10.2 Å². The van der Waals surface area contributed by atoms with E-state index < -0.39 is 0 Å². The second-order valence-electron chi connectivity index (χ2n) is 6.86. The van der Waals surface area contributed by atoms with Gasteiger partial charge in [0.2, 0.25) is 0 Å². The van der Waals surface area contributed by atoms with Gasteiger partial charge < -0.3 is 4.74 Å². The van der Waals surface area contributed by atoms with E-state index in [9.17, 15) is 4.39 Å². The van der Waals surface area contributed by atoms with Crippen LogP contribution in [-0.2, 0) is 10.2 Å². The van der Waals surface area contributed by atoms with Crippen LogP contribution < -0.4 is 5.32 Å². The number of hydrogen-bond acceptors (Lipinski definition) is 3. The summed E-state index contributed by atoms with van der Waals surface area (Å²) in [6.07, 6.45) is 3.61. The molecule has 1 heterocycles. The molecule has 1 saturated heterocycles. The molecule has 1 aromatic rings. The summed E-state index contributed by atoms with van der Waals surface area (Å²) < 4.78 is 18.1. The SMILES string of the molecule is COCNCC1CCCN1CCC(C)(C)c1ccc(F)cc1. The summed E-state index contributed by atoms with van der Waals surface area (Å²) >= 11 is 0. The molecule has 0 aromatic heterocycles. The van der Waals surface area contributed by atoms with Crippen molar-refractivity contribution in [2.45, 2.75) is 44.6 Å². The Balaban J connectivity index is 1.86. The molecule has 1 unspecified atom stereocenters. The highest BCUT2D eigenvalue weighted by Crippen LogP contribution is 2.29. The lowest BCUT2D eigenvalue weighted by molar-refractivity contribution is 0.157. The number of hydrogen-bond donors (Lipinski definition) is 1. The molecule has 1 fully saturated rings. The molecule has 2 rings (SSSR count). The largest absolute Gasteiger partial charge is 0.370 e. The number of nitrogens with one attached hydrogen (secondary N) is 1. The Labute approximate surface area is 133 Å². The zero-order valence-corrected chi connectivity index (χ0v) is 14.1. The number of nitrogens with zero attached hydrogens (tertiary/aromatic N) is 1. The average Bonchev–Trinajstić information content (AvgIpc) is 2.94. The fraction of sp³-hybridized carbons (Fsp3) is 0.667. The first-order valence-electron chi connectivity index (χ1n) is 8.23. The maximum absolute atomic E-state index is 13.1. The minimum Gasteiger partial charge on any atom is -0.370 e. The van der Waals surface area contributed by atoms with Crippen LogP contribution in [0.25, 0.3) is 0 Å². The first kappa shape index (κ1) is 17.4. The van der Waals surface area contributed by atoms with E-state index in [4.69, 9.17) is 4.74 Å². The molecule has 1 aliphatic heterocycles. The molecule has 0 radical (unpaired) electrons. The molecule has 1 aromatic carbocycles. The quantitative estimate of drug-likeness (QED) is 0.590. The summed E-state index contributed by atoms with van der Waals surface area (Å²) in [6, 6.07) is 7.56. The number of benzene rings is 1. The van der Waals surface area contributed by atoms with Crippen molar-refractivity contribution >= 4 is 0 Å². The van der Waals surface area contributed by atoms with Gasteiger partial charge in [-0.15, -0.1) is 0 Å². The highest BCUT2D eigenvalue weighted by molar-refractivity contribution is 5.24. The van der Waals surface area contributed by atoms with Gasteiger partial charge in [-0.1, -0.05) is 26.0 Å². The fourth-order valence-corrected chi connectivity index (χ4v) is 3.22. The normalized spacial score (nSPS) is 19.7. The molecular formula is C18H29FN2O. The van der Waals surface area contributed by atoms with Gasteiger partial charge in [-0.3, -0.25) is 10.2 Å². The van der Waals surface area contributed by atoms with Crippen molar-refractivity contribution in [1.29, 1.82) is 0 Å². The third-order valence-corrected chi connectivity index (χ3v) is 4.78. The van der Waals surface area contributed by atoms with E-state index in [1.54, 1.807) is 19.2 Å². The van der Waals surface area contributed by atoms with Crippen molar-refractivity contribution in [2.75, 3.05) is 33.5 Å². The van der Waals surface area contributed by atoms with E-state index in [2.05, 4.69) is 24.1 Å². The van der Waals surface area contributed by atoms with Crippen LogP contribution in [0.4, 0.5) is 4.39 Å². The zero-order chi connectivity index (χ0) is 16.0. The van der Waals surface area contributed by atoms with Crippen molar-refractivity contribution in [3.05, 3.63) is 35.6 Å². The monoisotopic (exact) mass is 308 g/mol. The Kier molecular flexibility index (Phi) is 6.36. The third kappa shape index (κ3) is 4.77. The minimum absolute atomic E-state index is 0.0702. The summed E-state index contributed by atoms with van der Waals surface area (Å²) in [5.74, 6) is -0.164. The molecule has 0 spiro atoms. The van der Waals surface area contributed by atoms with Gasteiger partial charge in [0, 0.05) is 19.7 Å². The van der Waals surface area contributed by atoms with Crippen LogP contribution in [-0.4, -0.2) is 44.4 Å². The Morgan fingerprint density at radius 1 is 1.32 bits per heavy atom. The number of ether oxygens (including phenoxy) is 1. The van der Waals surface area contributed by atoms with E-state index >= 15 is 0 Å². The molecule has 4 heteroatoms.